The fourth-order valence-corrected chi connectivity index (χ4v) is 5.97. The van der Waals surface area contributed by atoms with Crippen molar-refractivity contribution in [2.45, 2.75) is 90.8 Å². The summed E-state index contributed by atoms with van der Waals surface area (Å²) in [5.41, 5.74) is 0.493. The fraction of sp³-hybridized carbons (Fsp3) is 0.643. The first-order valence-electron chi connectivity index (χ1n) is 13.3. The first kappa shape index (κ1) is 27.9. The Balaban J connectivity index is 1.56. The molecule has 10 nitrogen and oxygen atoms in total. The van der Waals surface area contributed by atoms with E-state index in [1.165, 1.54) is 0 Å². The summed E-state index contributed by atoms with van der Waals surface area (Å²) in [4.78, 5) is 54.6. The minimum absolute atomic E-state index is 0.0180. The number of methoxy groups -OCH3 is 1. The molecule has 0 aromatic heterocycles. The van der Waals surface area contributed by atoms with Crippen molar-refractivity contribution < 1.29 is 33.4 Å². The molecule has 208 valence electrons. The summed E-state index contributed by atoms with van der Waals surface area (Å²) in [5, 5.41) is 5.88. The van der Waals surface area contributed by atoms with Crippen molar-refractivity contribution in [1.82, 2.24) is 15.5 Å². The number of fused-ring (bicyclic) bond motifs is 2. The van der Waals surface area contributed by atoms with E-state index in [0.29, 0.717) is 23.5 Å². The molecule has 1 aromatic carbocycles. The molecule has 2 bridgehead atoms. The largest absolute Gasteiger partial charge is 0.496 e. The standard InChI is InChI=1S/C28H39N3O7/c1-7-37-27-19(14-21(32)38-27)29-25(34)22-16-11-12-17(13-16)31(22)26(35)23(28(3,4)5)30-24(33)18-9-8-10-20(36-6)15(18)2/h8-10,16-17,19,22-23,27H,7,11-14H2,1-6H3,(H,29,34)(H,30,33)/t16-,17?,19?,22?,23+,27-/m0/s1. The quantitative estimate of drug-likeness (QED) is 0.496. The number of nitrogens with one attached hydrogen (secondary N) is 2. The van der Waals surface area contributed by atoms with E-state index in [0.717, 1.165) is 19.3 Å². The number of piperidine rings is 1. The first-order valence-corrected chi connectivity index (χ1v) is 13.3. The maximum Gasteiger partial charge on any atom is 0.310 e. The van der Waals surface area contributed by atoms with E-state index in [1.807, 2.05) is 20.8 Å². The van der Waals surface area contributed by atoms with E-state index in [2.05, 4.69) is 10.6 Å². The highest BCUT2D eigenvalue weighted by Gasteiger charge is 2.54. The average molecular weight is 530 g/mol. The number of ether oxygens (including phenoxy) is 3. The molecule has 1 aromatic rings. The summed E-state index contributed by atoms with van der Waals surface area (Å²) in [6, 6.07) is 2.99. The molecule has 38 heavy (non-hydrogen) atoms. The van der Waals surface area contributed by atoms with Crippen molar-refractivity contribution in [1.29, 1.82) is 0 Å². The number of hydrogen-bond acceptors (Lipinski definition) is 7. The molecular weight excluding hydrogens is 490 g/mol. The van der Waals surface area contributed by atoms with Gasteiger partial charge in [0.2, 0.25) is 18.1 Å². The summed E-state index contributed by atoms with van der Waals surface area (Å²) < 4.78 is 16.0. The zero-order valence-electron chi connectivity index (χ0n) is 23.0. The fourth-order valence-electron chi connectivity index (χ4n) is 5.97. The van der Waals surface area contributed by atoms with Gasteiger partial charge in [0.1, 0.15) is 23.9 Å². The van der Waals surface area contributed by atoms with Crippen LogP contribution in [0.25, 0.3) is 0 Å². The maximum absolute atomic E-state index is 14.1. The average Bonchev–Trinajstić information content (AvgIpc) is 3.56. The molecule has 2 heterocycles. The van der Waals surface area contributed by atoms with E-state index in [4.69, 9.17) is 14.2 Å². The van der Waals surface area contributed by atoms with E-state index < -0.39 is 35.8 Å². The van der Waals surface area contributed by atoms with Gasteiger partial charge in [-0.2, -0.15) is 0 Å². The van der Waals surface area contributed by atoms with Gasteiger partial charge in [-0.1, -0.05) is 26.8 Å². The molecule has 2 N–H and O–H groups in total. The van der Waals surface area contributed by atoms with Gasteiger partial charge in [0.05, 0.1) is 13.5 Å². The molecular formula is C28H39N3O7. The van der Waals surface area contributed by atoms with E-state index in [1.54, 1.807) is 44.1 Å². The number of esters is 1. The molecule has 0 spiro atoms. The van der Waals surface area contributed by atoms with Gasteiger partial charge in [0.25, 0.3) is 5.91 Å². The Morgan fingerprint density at radius 3 is 2.61 bits per heavy atom. The van der Waals surface area contributed by atoms with Crippen molar-refractivity contribution in [3.05, 3.63) is 29.3 Å². The summed E-state index contributed by atoms with van der Waals surface area (Å²) in [7, 11) is 1.54. The second kappa shape index (κ2) is 10.9. The topological polar surface area (TPSA) is 123 Å². The minimum Gasteiger partial charge on any atom is -0.496 e. The van der Waals surface area contributed by atoms with Crippen LogP contribution in [0.2, 0.25) is 0 Å². The van der Waals surface area contributed by atoms with Crippen molar-refractivity contribution in [3.63, 3.8) is 0 Å². The molecule has 1 saturated carbocycles. The molecule has 2 saturated heterocycles. The van der Waals surface area contributed by atoms with Crippen LogP contribution in [0.5, 0.6) is 5.75 Å². The van der Waals surface area contributed by atoms with E-state index in [9.17, 15) is 19.2 Å². The second-order valence-corrected chi connectivity index (χ2v) is 11.5. The minimum atomic E-state index is -0.859. The lowest BCUT2D eigenvalue weighted by atomic mass is 9.84. The normalized spacial score (nSPS) is 27.2. The predicted molar refractivity (Wildman–Crippen MR) is 138 cm³/mol. The predicted octanol–water partition coefficient (Wildman–Crippen LogP) is 2.32. The lowest BCUT2D eigenvalue weighted by Gasteiger charge is -2.40. The number of likely N-dealkylation sites (tertiary alicyclic amines) is 1. The van der Waals surface area contributed by atoms with Crippen LogP contribution in [-0.2, 0) is 23.9 Å². The van der Waals surface area contributed by atoms with Crippen molar-refractivity contribution >= 4 is 23.7 Å². The highest BCUT2D eigenvalue weighted by molar-refractivity contribution is 6.00. The van der Waals surface area contributed by atoms with Crippen molar-refractivity contribution in [2.75, 3.05) is 13.7 Å². The van der Waals surface area contributed by atoms with Crippen LogP contribution in [-0.4, -0.2) is 72.8 Å². The third kappa shape index (κ3) is 5.36. The number of carbonyl (C=O) groups is 4. The van der Waals surface area contributed by atoms with Gasteiger partial charge in [-0.15, -0.1) is 0 Å². The van der Waals surface area contributed by atoms with Gasteiger partial charge in [-0.3, -0.25) is 19.2 Å². The van der Waals surface area contributed by atoms with Crippen LogP contribution in [0, 0.1) is 18.3 Å². The molecule has 10 heteroatoms. The zero-order chi connectivity index (χ0) is 27.8. The SMILES string of the molecule is CCO[C@H]1OC(=O)CC1NC(=O)C1[C@H]2CCC(C2)N1C(=O)[C@@H](NC(=O)c1cccc(OC)c1C)C(C)(C)C. The van der Waals surface area contributed by atoms with Crippen LogP contribution in [0.3, 0.4) is 0 Å². The third-order valence-corrected chi connectivity index (χ3v) is 7.87. The number of hydrogen-bond donors (Lipinski definition) is 2. The Hall–Kier alpha value is -3.14. The first-order chi connectivity index (χ1) is 18.0. The Morgan fingerprint density at radius 1 is 1.21 bits per heavy atom. The number of carbonyl (C=O) groups excluding carboxylic acids is 4. The van der Waals surface area contributed by atoms with Gasteiger partial charge in [0, 0.05) is 23.8 Å². The number of benzene rings is 1. The van der Waals surface area contributed by atoms with Crippen LogP contribution in [0.1, 0.15) is 69.3 Å². The van der Waals surface area contributed by atoms with Crippen LogP contribution in [0.15, 0.2) is 18.2 Å². The Kier molecular flexibility index (Phi) is 8.01. The van der Waals surface area contributed by atoms with Crippen molar-refractivity contribution in [2.24, 2.45) is 11.3 Å². The molecule has 1 aliphatic carbocycles. The number of nitrogens with zero attached hydrogens (tertiary/aromatic N) is 1. The van der Waals surface area contributed by atoms with Gasteiger partial charge in [0.15, 0.2) is 0 Å². The van der Waals surface area contributed by atoms with Gasteiger partial charge in [-0.25, -0.2) is 0 Å². The Bertz CT molecular complexity index is 1100. The van der Waals surface area contributed by atoms with Crippen LogP contribution < -0.4 is 15.4 Å². The van der Waals surface area contributed by atoms with E-state index >= 15 is 0 Å². The van der Waals surface area contributed by atoms with Gasteiger partial charge < -0.3 is 29.7 Å². The lowest BCUT2D eigenvalue weighted by molar-refractivity contribution is -0.165. The zero-order valence-corrected chi connectivity index (χ0v) is 23.0. The van der Waals surface area contributed by atoms with Gasteiger partial charge in [-0.05, 0) is 56.6 Å². The highest BCUT2D eigenvalue weighted by atomic mass is 16.7. The van der Waals surface area contributed by atoms with Crippen LogP contribution >= 0.6 is 0 Å². The Labute approximate surface area is 223 Å². The molecule has 0 radical (unpaired) electrons. The third-order valence-electron chi connectivity index (χ3n) is 7.87. The van der Waals surface area contributed by atoms with Gasteiger partial charge >= 0.3 is 5.97 Å². The summed E-state index contributed by atoms with van der Waals surface area (Å²) in [6.07, 6.45) is 1.57. The molecule has 3 aliphatic rings. The van der Waals surface area contributed by atoms with Crippen LogP contribution in [0.4, 0.5) is 0 Å². The molecule has 3 unspecified atom stereocenters. The molecule has 3 fully saturated rings. The molecule has 3 amide bonds. The number of amides is 3. The maximum atomic E-state index is 14.1. The summed E-state index contributed by atoms with van der Waals surface area (Å²) >= 11 is 0. The molecule has 2 aliphatic heterocycles. The Morgan fingerprint density at radius 2 is 1.95 bits per heavy atom. The molecule has 4 rings (SSSR count). The highest BCUT2D eigenvalue weighted by Crippen LogP contribution is 2.44. The second-order valence-electron chi connectivity index (χ2n) is 11.5. The number of rotatable bonds is 8. The number of cyclic esters (lactones) is 1. The monoisotopic (exact) mass is 529 g/mol. The smallest absolute Gasteiger partial charge is 0.310 e. The van der Waals surface area contributed by atoms with Crippen molar-refractivity contribution in [3.8, 4) is 5.75 Å². The van der Waals surface area contributed by atoms with E-state index in [-0.39, 0.29) is 36.1 Å². The lowest BCUT2D eigenvalue weighted by Crippen LogP contribution is -2.62. The summed E-state index contributed by atoms with van der Waals surface area (Å²) in [6.45, 7) is 9.61. The summed E-state index contributed by atoms with van der Waals surface area (Å²) in [5.74, 6) is -0.798. The molecule has 6 atom stereocenters.